The van der Waals surface area contributed by atoms with Gasteiger partial charge in [-0.15, -0.1) is 0 Å². The van der Waals surface area contributed by atoms with Gasteiger partial charge in [-0.05, 0) is 37.6 Å². The van der Waals surface area contributed by atoms with E-state index in [0.717, 1.165) is 30.4 Å². The maximum absolute atomic E-state index is 11.4. The summed E-state index contributed by atoms with van der Waals surface area (Å²) in [4.78, 5) is 13.6. The SMILES string of the molecule is CN(Cc1cccc(Br)c1)CC1CCC(C(=O)NN)O1. The summed E-state index contributed by atoms with van der Waals surface area (Å²) in [6.07, 6.45) is 1.32. The monoisotopic (exact) mass is 341 g/mol. The molecule has 0 bridgehead atoms. The van der Waals surface area contributed by atoms with Gasteiger partial charge in [0.1, 0.15) is 6.10 Å². The number of benzene rings is 1. The first-order chi connectivity index (χ1) is 9.58. The number of hydrogen-bond acceptors (Lipinski definition) is 4. The highest BCUT2D eigenvalue weighted by atomic mass is 79.9. The molecule has 1 heterocycles. The molecule has 1 aromatic carbocycles. The van der Waals surface area contributed by atoms with Gasteiger partial charge in [-0.2, -0.15) is 0 Å². The predicted octanol–water partition coefficient (Wildman–Crippen LogP) is 1.42. The molecule has 0 radical (unpaired) electrons. The Balaban J connectivity index is 1.81. The summed E-state index contributed by atoms with van der Waals surface area (Å²) in [7, 11) is 2.06. The minimum atomic E-state index is -0.399. The Bertz CT molecular complexity index is 469. The zero-order chi connectivity index (χ0) is 14.5. The number of hydrogen-bond donors (Lipinski definition) is 2. The topological polar surface area (TPSA) is 67.6 Å². The Kier molecular flexibility index (Phi) is 5.54. The standard InChI is InChI=1S/C14H20BrN3O2/c1-18(8-10-3-2-4-11(15)7-10)9-12-5-6-13(20-12)14(19)17-16/h2-4,7,12-13H,5-6,8-9,16H2,1H3,(H,17,19). The molecule has 1 saturated heterocycles. The molecule has 0 spiro atoms. The van der Waals surface area contributed by atoms with Crippen molar-refractivity contribution in [2.45, 2.75) is 31.6 Å². The Hall–Kier alpha value is -0.950. The van der Waals surface area contributed by atoms with Gasteiger partial charge in [-0.3, -0.25) is 15.1 Å². The quantitative estimate of drug-likeness (QED) is 0.483. The molecule has 0 aliphatic carbocycles. The maximum Gasteiger partial charge on any atom is 0.263 e. The van der Waals surface area contributed by atoms with Crippen LogP contribution >= 0.6 is 15.9 Å². The van der Waals surface area contributed by atoms with E-state index in [2.05, 4.69) is 45.4 Å². The zero-order valence-electron chi connectivity index (χ0n) is 11.5. The number of carbonyl (C=O) groups excluding carboxylic acids is 1. The van der Waals surface area contributed by atoms with Crippen LogP contribution in [0.25, 0.3) is 0 Å². The number of rotatable bonds is 5. The summed E-state index contributed by atoms with van der Waals surface area (Å²) in [6, 6.07) is 8.25. The van der Waals surface area contributed by atoms with Crippen LogP contribution in [0, 0.1) is 0 Å². The maximum atomic E-state index is 11.4. The number of nitrogens with two attached hydrogens (primary N) is 1. The number of halogens is 1. The fraction of sp³-hybridized carbons (Fsp3) is 0.500. The first-order valence-corrected chi connectivity index (χ1v) is 7.46. The van der Waals surface area contributed by atoms with Crippen LogP contribution in [0.5, 0.6) is 0 Å². The lowest BCUT2D eigenvalue weighted by Crippen LogP contribution is -2.39. The average molecular weight is 342 g/mol. The first-order valence-electron chi connectivity index (χ1n) is 6.67. The van der Waals surface area contributed by atoms with Crippen molar-refractivity contribution in [1.82, 2.24) is 10.3 Å². The lowest BCUT2D eigenvalue weighted by molar-refractivity contribution is -0.132. The second-order valence-electron chi connectivity index (χ2n) is 5.16. The average Bonchev–Trinajstić information content (AvgIpc) is 2.86. The molecular weight excluding hydrogens is 322 g/mol. The van der Waals surface area contributed by atoms with Crippen molar-refractivity contribution in [3.8, 4) is 0 Å². The van der Waals surface area contributed by atoms with E-state index in [1.54, 1.807) is 0 Å². The molecule has 110 valence electrons. The van der Waals surface area contributed by atoms with Crippen molar-refractivity contribution in [3.05, 3.63) is 34.3 Å². The van der Waals surface area contributed by atoms with E-state index in [9.17, 15) is 4.79 Å². The third-order valence-electron chi connectivity index (χ3n) is 3.40. The van der Waals surface area contributed by atoms with E-state index < -0.39 is 6.10 Å². The Morgan fingerprint density at radius 2 is 2.35 bits per heavy atom. The second kappa shape index (κ2) is 7.17. The Labute approximate surface area is 127 Å². The predicted molar refractivity (Wildman–Crippen MR) is 80.7 cm³/mol. The summed E-state index contributed by atoms with van der Waals surface area (Å²) in [5.41, 5.74) is 3.39. The van der Waals surface area contributed by atoms with Gasteiger partial charge in [-0.25, -0.2) is 5.84 Å². The Morgan fingerprint density at radius 3 is 3.05 bits per heavy atom. The summed E-state index contributed by atoms with van der Waals surface area (Å²) in [5, 5.41) is 0. The van der Waals surface area contributed by atoms with Gasteiger partial charge in [-0.1, -0.05) is 28.1 Å². The number of hydrazine groups is 1. The summed E-state index contributed by atoms with van der Waals surface area (Å²) in [5.74, 6) is 4.89. The van der Waals surface area contributed by atoms with Crippen LogP contribution in [-0.4, -0.2) is 36.6 Å². The Morgan fingerprint density at radius 1 is 1.55 bits per heavy atom. The molecular formula is C14H20BrN3O2. The van der Waals surface area contributed by atoms with Crippen molar-refractivity contribution in [2.24, 2.45) is 5.84 Å². The molecule has 6 heteroatoms. The molecule has 0 saturated carbocycles. The molecule has 5 nitrogen and oxygen atoms in total. The number of likely N-dealkylation sites (N-methyl/N-ethyl adjacent to an activating group) is 1. The van der Waals surface area contributed by atoms with E-state index >= 15 is 0 Å². The molecule has 1 fully saturated rings. The van der Waals surface area contributed by atoms with Crippen LogP contribution in [0.4, 0.5) is 0 Å². The second-order valence-corrected chi connectivity index (χ2v) is 6.08. The number of nitrogens with zero attached hydrogens (tertiary/aromatic N) is 1. The normalized spacial score (nSPS) is 22.2. The van der Waals surface area contributed by atoms with Gasteiger partial charge in [0.25, 0.3) is 5.91 Å². The van der Waals surface area contributed by atoms with Crippen LogP contribution in [0.1, 0.15) is 18.4 Å². The smallest absolute Gasteiger partial charge is 0.263 e. The van der Waals surface area contributed by atoms with E-state index in [0.29, 0.717) is 0 Å². The van der Waals surface area contributed by atoms with Gasteiger partial charge in [0.15, 0.2) is 0 Å². The van der Waals surface area contributed by atoms with Crippen molar-refractivity contribution in [2.75, 3.05) is 13.6 Å². The molecule has 2 unspecified atom stereocenters. The minimum Gasteiger partial charge on any atom is -0.364 e. The number of amides is 1. The summed E-state index contributed by atoms with van der Waals surface area (Å²) >= 11 is 3.47. The first kappa shape index (κ1) is 15.4. The molecule has 2 atom stereocenters. The van der Waals surface area contributed by atoms with E-state index in [1.807, 2.05) is 12.1 Å². The van der Waals surface area contributed by atoms with Gasteiger partial charge >= 0.3 is 0 Å². The van der Waals surface area contributed by atoms with Crippen LogP contribution in [-0.2, 0) is 16.1 Å². The highest BCUT2D eigenvalue weighted by Crippen LogP contribution is 2.21. The number of carbonyl (C=O) groups is 1. The molecule has 3 N–H and O–H groups in total. The lowest BCUT2D eigenvalue weighted by Gasteiger charge is -2.21. The van der Waals surface area contributed by atoms with Crippen LogP contribution < -0.4 is 11.3 Å². The molecule has 20 heavy (non-hydrogen) atoms. The molecule has 2 rings (SSSR count). The third kappa shape index (κ3) is 4.28. The van der Waals surface area contributed by atoms with Gasteiger partial charge in [0, 0.05) is 17.6 Å². The molecule has 1 aliphatic rings. The van der Waals surface area contributed by atoms with Crippen molar-refractivity contribution < 1.29 is 9.53 Å². The largest absolute Gasteiger partial charge is 0.364 e. The summed E-state index contributed by atoms with van der Waals surface area (Å²) < 4.78 is 6.79. The van der Waals surface area contributed by atoms with Crippen molar-refractivity contribution in [1.29, 1.82) is 0 Å². The van der Waals surface area contributed by atoms with Gasteiger partial charge in [0.05, 0.1) is 6.10 Å². The van der Waals surface area contributed by atoms with E-state index in [4.69, 9.17) is 10.6 Å². The van der Waals surface area contributed by atoms with E-state index in [-0.39, 0.29) is 12.0 Å². The highest BCUT2D eigenvalue weighted by Gasteiger charge is 2.30. The molecule has 0 aromatic heterocycles. The van der Waals surface area contributed by atoms with Gasteiger partial charge < -0.3 is 4.74 Å². The van der Waals surface area contributed by atoms with Gasteiger partial charge in [0.2, 0.25) is 0 Å². The van der Waals surface area contributed by atoms with Crippen molar-refractivity contribution >= 4 is 21.8 Å². The van der Waals surface area contributed by atoms with Crippen molar-refractivity contribution in [3.63, 3.8) is 0 Å². The van der Waals surface area contributed by atoms with Crippen LogP contribution in [0.3, 0.4) is 0 Å². The zero-order valence-corrected chi connectivity index (χ0v) is 13.1. The van der Waals surface area contributed by atoms with Crippen LogP contribution in [0.2, 0.25) is 0 Å². The minimum absolute atomic E-state index is 0.0921. The fourth-order valence-electron chi connectivity index (χ4n) is 2.48. The van der Waals surface area contributed by atoms with E-state index in [1.165, 1.54) is 5.56 Å². The molecule has 1 aliphatic heterocycles. The van der Waals surface area contributed by atoms with Crippen LogP contribution in [0.15, 0.2) is 28.7 Å². The molecule has 1 amide bonds. The number of ether oxygens (including phenoxy) is 1. The lowest BCUT2D eigenvalue weighted by atomic mass is 10.1. The fourth-order valence-corrected chi connectivity index (χ4v) is 2.93. The summed E-state index contributed by atoms with van der Waals surface area (Å²) in [6.45, 7) is 1.66. The highest BCUT2D eigenvalue weighted by molar-refractivity contribution is 9.10. The number of nitrogens with one attached hydrogen (secondary N) is 1. The third-order valence-corrected chi connectivity index (χ3v) is 3.89. The molecule has 1 aromatic rings.